The van der Waals surface area contributed by atoms with Crippen LogP contribution in [0.25, 0.3) is 0 Å². The van der Waals surface area contributed by atoms with Crippen LogP contribution in [0.15, 0.2) is 18.2 Å². The zero-order valence-electron chi connectivity index (χ0n) is 11.1. The summed E-state index contributed by atoms with van der Waals surface area (Å²) in [4.78, 5) is 13.6. The van der Waals surface area contributed by atoms with Gasteiger partial charge in [0, 0.05) is 13.1 Å². The van der Waals surface area contributed by atoms with Gasteiger partial charge in [-0.2, -0.15) is 0 Å². The fourth-order valence-corrected chi connectivity index (χ4v) is 2.57. The Kier molecular flexibility index (Phi) is 3.19. The van der Waals surface area contributed by atoms with E-state index in [2.05, 4.69) is 0 Å². The highest BCUT2D eigenvalue weighted by atomic mass is 16.5. The van der Waals surface area contributed by atoms with Crippen molar-refractivity contribution in [1.82, 2.24) is 4.90 Å². The largest absolute Gasteiger partial charge is 0.484 e. The van der Waals surface area contributed by atoms with Crippen LogP contribution >= 0.6 is 0 Å². The molecule has 1 fully saturated rings. The highest BCUT2D eigenvalue weighted by molar-refractivity contribution is 5.78. The minimum Gasteiger partial charge on any atom is -0.484 e. The topological polar surface area (TPSA) is 49.8 Å². The number of aliphatic hydroxyl groups is 1. The highest BCUT2D eigenvalue weighted by Crippen LogP contribution is 2.33. The number of nitrogens with zero attached hydrogens (tertiary/aromatic N) is 1. The molecule has 19 heavy (non-hydrogen) atoms. The van der Waals surface area contributed by atoms with E-state index >= 15 is 0 Å². The maximum absolute atomic E-state index is 11.8. The van der Waals surface area contributed by atoms with E-state index in [1.807, 2.05) is 25.2 Å². The fraction of sp³-hybridized carbons (Fsp3) is 0.533. The van der Waals surface area contributed by atoms with Gasteiger partial charge in [0.25, 0.3) is 5.91 Å². The lowest BCUT2D eigenvalue weighted by molar-refractivity contribution is -0.132. The van der Waals surface area contributed by atoms with Crippen LogP contribution < -0.4 is 4.74 Å². The number of aliphatic hydroxyl groups excluding tert-OH is 1. The number of carbonyl (C=O) groups is 1. The molecule has 1 atom stereocenters. The molecule has 3 rings (SSSR count). The summed E-state index contributed by atoms with van der Waals surface area (Å²) in [5, 5.41) is 9.73. The van der Waals surface area contributed by atoms with Gasteiger partial charge in [-0.3, -0.25) is 4.79 Å². The molecule has 2 aliphatic carbocycles. The van der Waals surface area contributed by atoms with Gasteiger partial charge >= 0.3 is 0 Å². The standard InChI is InChI=1S/C15H19NO3/c1-16(11-3-4-11)15(18)9-19-12-5-6-13-10(8-12)2-7-14(13)17/h5-6,8,11,14,17H,2-4,7,9H2,1H3. The molecule has 0 spiro atoms. The second kappa shape index (κ2) is 4.85. The molecule has 4 heteroatoms. The zero-order chi connectivity index (χ0) is 13.4. The SMILES string of the molecule is CN(C(=O)COc1ccc2c(c1)CCC2O)C1CC1. The number of ether oxygens (including phenoxy) is 1. The average Bonchev–Trinajstić information content (AvgIpc) is 3.20. The van der Waals surface area contributed by atoms with Crippen LogP contribution in [0.1, 0.15) is 36.5 Å². The van der Waals surface area contributed by atoms with E-state index in [-0.39, 0.29) is 18.6 Å². The molecular weight excluding hydrogens is 242 g/mol. The predicted octanol–water partition coefficient (Wildman–Crippen LogP) is 1.67. The van der Waals surface area contributed by atoms with Crippen molar-refractivity contribution in [3.05, 3.63) is 29.3 Å². The normalized spacial score (nSPS) is 21.1. The summed E-state index contributed by atoms with van der Waals surface area (Å²) in [5.41, 5.74) is 2.13. The molecule has 0 heterocycles. The first-order chi connectivity index (χ1) is 9.15. The van der Waals surface area contributed by atoms with Crippen LogP contribution in [0.2, 0.25) is 0 Å². The Morgan fingerprint density at radius 3 is 2.95 bits per heavy atom. The van der Waals surface area contributed by atoms with Crippen LogP contribution in [0, 0.1) is 0 Å². The van der Waals surface area contributed by atoms with Gasteiger partial charge in [0.05, 0.1) is 6.10 Å². The van der Waals surface area contributed by atoms with Gasteiger partial charge in [0.1, 0.15) is 5.75 Å². The quantitative estimate of drug-likeness (QED) is 0.897. The van der Waals surface area contributed by atoms with E-state index in [0.717, 1.165) is 36.8 Å². The van der Waals surface area contributed by atoms with Gasteiger partial charge in [0.2, 0.25) is 0 Å². The lowest BCUT2D eigenvalue weighted by Crippen LogP contribution is -2.33. The third kappa shape index (κ3) is 2.59. The maximum atomic E-state index is 11.8. The molecule has 4 nitrogen and oxygen atoms in total. The second-order valence-electron chi connectivity index (χ2n) is 5.44. The summed E-state index contributed by atoms with van der Waals surface area (Å²) in [6.07, 6.45) is 3.54. The van der Waals surface area contributed by atoms with E-state index in [0.29, 0.717) is 11.8 Å². The van der Waals surface area contributed by atoms with Gasteiger partial charge in [-0.1, -0.05) is 6.07 Å². The van der Waals surface area contributed by atoms with E-state index in [1.165, 1.54) is 0 Å². The number of benzene rings is 1. The molecule has 1 N–H and O–H groups in total. The minimum absolute atomic E-state index is 0.0306. The summed E-state index contributed by atoms with van der Waals surface area (Å²) in [6, 6.07) is 6.09. The number of aryl methyl sites for hydroxylation is 1. The van der Waals surface area contributed by atoms with Crippen molar-refractivity contribution >= 4 is 5.91 Å². The van der Waals surface area contributed by atoms with E-state index in [4.69, 9.17) is 4.74 Å². The summed E-state index contributed by atoms with van der Waals surface area (Å²) >= 11 is 0. The molecule has 1 unspecified atom stereocenters. The number of rotatable bonds is 4. The van der Waals surface area contributed by atoms with Gasteiger partial charge < -0.3 is 14.7 Å². The number of fused-ring (bicyclic) bond motifs is 1. The monoisotopic (exact) mass is 261 g/mol. The van der Waals surface area contributed by atoms with Crippen molar-refractivity contribution in [1.29, 1.82) is 0 Å². The molecule has 0 bridgehead atoms. The molecule has 2 aliphatic rings. The smallest absolute Gasteiger partial charge is 0.260 e. The molecule has 0 saturated heterocycles. The Morgan fingerprint density at radius 2 is 2.21 bits per heavy atom. The van der Waals surface area contributed by atoms with E-state index < -0.39 is 0 Å². The number of amides is 1. The number of hydrogen-bond donors (Lipinski definition) is 1. The Labute approximate surface area is 113 Å². The van der Waals surface area contributed by atoms with Gasteiger partial charge in [0.15, 0.2) is 6.61 Å². The second-order valence-corrected chi connectivity index (χ2v) is 5.44. The van der Waals surface area contributed by atoms with Crippen molar-refractivity contribution in [3.63, 3.8) is 0 Å². The summed E-state index contributed by atoms with van der Waals surface area (Å²) in [5.74, 6) is 0.744. The first-order valence-electron chi connectivity index (χ1n) is 6.84. The van der Waals surface area contributed by atoms with Crippen molar-refractivity contribution in [3.8, 4) is 5.75 Å². The Hall–Kier alpha value is -1.55. The van der Waals surface area contributed by atoms with Gasteiger partial charge in [-0.05, 0) is 48.9 Å². The molecule has 0 aliphatic heterocycles. The third-order valence-corrected chi connectivity index (χ3v) is 4.01. The van der Waals surface area contributed by atoms with Crippen molar-refractivity contribution in [2.75, 3.05) is 13.7 Å². The van der Waals surface area contributed by atoms with E-state index in [1.54, 1.807) is 4.90 Å². The van der Waals surface area contributed by atoms with Crippen molar-refractivity contribution in [2.45, 2.75) is 37.8 Å². The van der Waals surface area contributed by atoms with Gasteiger partial charge in [-0.25, -0.2) is 0 Å². The third-order valence-electron chi connectivity index (χ3n) is 4.01. The van der Waals surface area contributed by atoms with Crippen LogP contribution in [0.4, 0.5) is 0 Å². The van der Waals surface area contributed by atoms with Gasteiger partial charge in [-0.15, -0.1) is 0 Å². The van der Waals surface area contributed by atoms with Crippen LogP contribution in [0.3, 0.4) is 0 Å². The molecule has 1 aromatic rings. The Balaban J connectivity index is 1.60. The number of hydrogen-bond acceptors (Lipinski definition) is 3. The van der Waals surface area contributed by atoms with Crippen LogP contribution in [0.5, 0.6) is 5.75 Å². The molecule has 1 amide bonds. The summed E-state index contributed by atoms with van der Waals surface area (Å²) in [6.45, 7) is 0.0916. The fourth-order valence-electron chi connectivity index (χ4n) is 2.57. The lowest BCUT2D eigenvalue weighted by Gasteiger charge is -2.16. The lowest BCUT2D eigenvalue weighted by atomic mass is 10.1. The van der Waals surface area contributed by atoms with Crippen LogP contribution in [-0.4, -0.2) is 35.6 Å². The Bertz CT molecular complexity index is 496. The molecular formula is C15H19NO3. The zero-order valence-corrected chi connectivity index (χ0v) is 11.1. The number of carbonyl (C=O) groups excluding carboxylic acids is 1. The molecule has 0 radical (unpaired) electrons. The highest BCUT2D eigenvalue weighted by Gasteiger charge is 2.29. The van der Waals surface area contributed by atoms with Crippen LogP contribution in [-0.2, 0) is 11.2 Å². The average molecular weight is 261 g/mol. The maximum Gasteiger partial charge on any atom is 0.260 e. The first kappa shape index (κ1) is 12.5. The first-order valence-corrected chi connectivity index (χ1v) is 6.84. The Morgan fingerprint density at radius 1 is 1.42 bits per heavy atom. The van der Waals surface area contributed by atoms with Crippen molar-refractivity contribution in [2.24, 2.45) is 0 Å². The molecule has 102 valence electrons. The molecule has 0 aromatic heterocycles. The molecule has 1 aromatic carbocycles. The molecule has 1 saturated carbocycles. The van der Waals surface area contributed by atoms with Crippen molar-refractivity contribution < 1.29 is 14.6 Å². The predicted molar refractivity (Wildman–Crippen MR) is 71.0 cm³/mol. The summed E-state index contributed by atoms with van der Waals surface area (Å²) < 4.78 is 5.55. The number of likely N-dealkylation sites (N-methyl/N-ethyl adjacent to an activating group) is 1. The van der Waals surface area contributed by atoms with E-state index in [9.17, 15) is 9.90 Å². The summed E-state index contributed by atoms with van der Waals surface area (Å²) in [7, 11) is 1.84. The minimum atomic E-state index is -0.341.